The third-order valence-corrected chi connectivity index (χ3v) is 6.98. The Morgan fingerprint density at radius 3 is 2.67 bits per heavy atom. The van der Waals surface area contributed by atoms with E-state index in [1.165, 1.54) is 0 Å². The number of nitrogen functional groups attached to an aromatic ring is 1. The number of aromatic amines is 1. The summed E-state index contributed by atoms with van der Waals surface area (Å²) in [7, 11) is 0. The summed E-state index contributed by atoms with van der Waals surface area (Å²) in [4.78, 5) is 35.8. The first-order valence-corrected chi connectivity index (χ1v) is 13.8. The number of pyridine rings is 1. The lowest BCUT2D eigenvalue weighted by atomic mass is 9.99. The molecule has 5 aromatic rings. The molecule has 5 rings (SSSR count). The number of carboxylic acids is 1. The number of imidazole rings is 1. The minimum atomic E-state index is -1.15. The van der Waals surface area contributed by atoms with E-state index < -0.39 is 30.3 Å². The van der Waals surface area contributed by atoms with Gasteiger partial charge >= 0.3 is 5.97 Å². The molecular formula is C32H31FN6O4. The van der Waals surface area contributed by atoms with Gasteiger partial charge in [0.1, 0.15) is 24.2 Å². The van der Waals surface area contributed by atoms with Gasteiger partial charge in [0.15, 0.2) is 11.6 Å². The molecule has 0 spiro atoms. The van der Waals surface area contributed by atoms with Crippen LogP contribution in [0.15, 0.2) is 73.1 Å². The summed E-state index contributed by atoms with van der Waals surface area (Å²) in [5.41, 5.74) is 9.21. The molecule has 0 aliphatic carbocycles. The Kier molecular flexibility index (Phi) is 8.51. The van der Waals surface area contributed by atoms with Crippen LogP contribution in [0.5, 0.6) is 5.75 Å². The van der Waals surface area contributed by atoms with Crippen molar-refractivity contribution >= 4 is 34.2 Å². The van der Waals surface area contributed by atoms with Gasteiger partial charge in [-0.3, -0.25) is 9.59 Å². The molecule has 1 atom stereocenters. The van der Waals surface area contributed by atoms with Gasteiger partial charge in [-0.2, -0.15) is 0 Å². The van der Waals surface area contributed by atoms with Crippen molar-refractivity contribution in [2.75, 3.05) is 24.2 Å². The average Bonchev–Trinajstić information content (AvgIpc) is 3.50. The fourth-order valence-corrected chi connectivity index (χ4v) is 4.89. The van der Waals surface area contributed by atoms with E-state index >= 15 is 4.39 Å². The molecule has 0 saturated carbocycles. The number of carbonyl (C=O) groups is 2. The molecule has 1 amide bonds. The van der Waals surface area contributed by atoms with Gasteiger partial charge in [-0.1, -0.05) is 31.2 Å². The predicted octanol–water partition coefficient (Wildman–Crippen LogP) is 5.32. The van der Waals surface area contributed by atoms with Crippen LogP contribution < -0.4 is 21.1 Å². The largest absolute Gasteiger partial charge is 0.491 e. The van der Waals surface area contributed by atoms with Gasteiger partial charge in [0.2, 0.25) is 0 Å². The molecule has 0 aliphatic rings. The van der Waals surface area contributed by atoms with E-state index in [1.54, 1.807) is 55.7 Å². The number of amides is 1. The molecule has 0 radical (unpaired) electrons. The van der Waals surface area contributed by atoms with Gasteiger partial charge in [0, 0.05) is 34.0 Å². The second-order valence-corrected chi connectivity index (χ2v) is 9.80. The molecule has 1 unspecified atom stereocenters. The van der Waals surface area contributed by atoms with Crippen LogP contribution in [0.3, 0.4) is 0 Å². The van der Waals surface area contributed by atoms with Gasteiger partial charge in [-0.05, 0) is 60.7 Å². The number of hydrogen-bond acceptors (Lipinski definition) is 7. The van der Waals surface area contributed by atoms with Gasteiger partial charge in [0.25, 0.3) is 5.91 Å². The molecule has 0 aliphatic heterocycles. The Hall–Kier alpha value is -5.45. The first-order valence-electron chi connectivity index (χ1n) is 13.8. The summed E-state index contributed by atoms with van der Waals surface area (Å²) >= 11 is 0. The van der Waals surface area contributed by atoms with E-state index in [1.807, 2.05) is 31.2 Å². The molecular weight excluding hydrogens is 551 g/mol. The number of carboxylic acid groups (broad SMARTS) is 1. The van der Waals surface area contributed by atoms with Crippen molar-refractivity contribution in [2.45, 2.75) is 26.3 Å². The van der Waals surface area contributed by atoms with E-state index in [9.17, 15) is 9.59 Å². The van der Waals surface area contributed by atoms with Crippen LogP contribution in [0.1, 0.15) is 47.2 Å². The minimum Gasteiger partial charge on any atom is -0.491 e. The summed E-state index contributed by atoms with van der Waals surface area (Å²) in [6, 6.07) is 16.9. The van der Waals surface area contributed by atoms with Crippen LogP contribution in [-0.4, -0.2) is 45.1 Å². The Balaban J connectivity index is 1.60. The van der Waals surface area contributed by atoms with Crippen LogP contribution in [0.4, 0.5) is 15.9 Å². The summed E-state index contributed by atoms with van der Waals surface area (Å²) < 4.78 is 21.7. The molecule has 43 heavy (non-hydrogen) atoms. The zero-order valence-corrected chi connectivity index (χ0v) is 23.6. The molecule has 2 heterocycles. The van der Waals surface area contributed by atoms with Gasteiger partial charge in [0.05, 0.1) is 18.5 Å². The molecule has 0 fully saturated rings. The van der Waals surface area contributed by atoms with Crippen molar-refractivity contribution < 1.29 is 23.8 Å². The molecule has 0 bridgehead atoms. The summed E-state index contributed by atoms with van der Waals surface area (Å²) in [6.45, 7) is 3.56. The zero-order valence-electron chi connectivity index (χ0n) is 23.6. The average molecular weight is 583 g/mol. The number of aromatic nitrogens is 3. The molecule has 3 aromatic carbocycles. The number of ether oxygens (including phenoxy) is 1. The van der Waals surface area contributed by atoms with Crippen LogP contribution in [0.25, 0.3) is 22.0 Å². The third kappa shape index (κ3) is 6.25. The highest BCUT2D eigenvalue weighted by Gasteiger charge is 2.26. The van der Waals surface area contributed by atoms with Gasteiger partial charge in [-0.25, -0.2) is 14.4 Å². The maximum atomic E-state index is 16.0. The number of rotatable bonds is 11. The molecule has 0 saturated heterocycles. The van der Waals surface area contributed by atoms with E-state index in [0.29, 0.717) is 47.2 Å². The Morgan fingerprint density at radius 2 is 1.91 bits per heavy atom. The molecule has 2 aromatic heterocycles. The smallest absolute Gasteiger partial charge is 0.322 e. The van der Waals surface area contributed by atoms with E-state index in [2.05, 4.69) is 25.6 Å². The van der Waals surface area contributed by atoms with Crippen molar-refractivity contribution in [1.82, 2.24) is 20.3 Å². The lowest BCUT2D eigenvalue weighted by Gasteiger charge is -2.22. The number of nitrogens with one attached hydrogen (secondary N) is 3. The van der Waals surface area contributed by atoms with Crippen LogP contribution >= 0.6 is 0 Å². The van der Waals surface area contributed by atoms with Crippen molar-refractivity contribution in [3.8, 4) is 17.0 Å². The van der Waals surface area contributed by atoms with Gasteiger partial charge in [-0.15, -0.1) is 0 Å². The molecule has 11 heteroatoms. The number of fused-ring (bicyclic) bond motifs is 1. The van der Waals surface area contributed by atoms with E-state index in [0.717, 1.165) is 16.3 Å². The SMILES string of the molecule is CCOc1cc(CC)cc(C(Nc2ccc3c(N)nccc3c2)c2ncc(-c3ccccc3C(=O)NCC(=O)O)[nH]2)c1F. The fraction of sp³-hybridized carbons (Fsp3) is 0.188. The normalized spacial score (nSPS) is 11.7. The maximum absolute atomic E-state index is 16.0. The lowest BCUT2D eigenvalue weighted by Crippen LogP contribution is -2.29. The molecule has 220 valence electrons. The zero-order chi connectivity index (χ0) is 30.5. The number of nitrogens with zero attached hydrogens (tertiary/aromatic N) is 2. The Bertz CT molecular complexity index is 1800. The quantitative estimate of drug-likeness (QED) is 0.140. The van der Waals surface area contributed by atoms with Crippen LogP contribution in [0, 0.1) is 5.82 Å². The number of H-pyrrole nitrogens is 1. The fourth-order valence-electron chi connectivity index (χ4n) is 4.89. The lowest BCUT2D eigenvalue weighted by molar-refractivity contribution is -0.135. The number of benzene rings is 3. The predicted molar refractivity (Wildman–Crippen MR) is 163 cm³/mol. The first kappa shape index (κ1) is 29.1. The van der Waals surface area contributed by atoms with E-state index in [-0.39, 0.29) is 11.3 Å². The minimum absolute atomic E-state index is 0.147. The number of hydrogen-bond donors (Lipinski definition) is 5. The summed E-state index contributed by atoms with van der Waals surface area (Å²) in [5, 5.41) is 16.5. The number of halogens is 1. The number of nitrogens with two attached hydrogens (primary N) is 1. The highest BCUT2D eigenvalue weighted by Crippen LogP contribution is 2.35. The summed E-state index contributed by atoms with van der Waals surface area (Å²) in [5.74, 6) is -1.27. The van der Waals surface area contributed by atoms with Crippen molar-refractivity contribution in [3.63, 3.8) is 0 Å². The highest BCUT2D eigenvalue weighted by molar-refractivity contribution is 6.01. The Morgan fingerprint density at radius 1 is 1.09 bits per heavy atom. The first-order chi connectivity index (χ1) is 20.8. The monoisotopic (exact) mass is 582 g/mol. The topological polar surface area (TPSA) is 155 Å². The second kappa shape index (κ2) is 12.6. The second-order valence-electron chi connectivity index (χ2n) is 9.80. The molecule has 10 nitrogen and oxygen atoms in total. The van der Waals surface area contributed by atoms with Gasteiger partial charge < -0.3 is 31.2 Å². The van der Waals surface area contributed by atoms with Crippen LogP contribution in [0.2, 0.25) is 0 Å². The van der Waals surface area contributed by atoms with Crippen molar-refractivity contribution in [2.24, 2.45) is 0 Å². The highest BCUT2D eigenvalue weighted by atomic mass is 19.1. The third-order valence-electron chi connectivity index (χ3n) is 6.98. The summed E-state index contributed by atoms with van der Waals surface area (Å²) in [6.07, 6.45) is 3.84. The Labute approximate surface area is 247 Å². The number of anilines is 2. The number of aliphatic carboxylic acids is 1. The van der Waals surface area contributed by atoms with Crippen LogP contribution in [-0.2, 0) is 11.2 Å². The van der Waals surface area contributed by atoms with Crippen molar-refractivity contribution in [1.29, 1.82) is 0 Å². The standard InChI is InChI=1S/C32H31FN6O4/c1-3-18-13-24(28(33)26(14-18)43-4-2)29(38-20-9-10-21-19(15-20)11-12-35-30(21)34)31-36-16-25(39-31)22-7-5-6-8-23(22)32(42)37-17-27(40)41/h5-16,29,38H,3-4,17H2,1-2H3,(H2,34,35)(H,36,39)(H,37,42)(H,40,41). The van der Waals surface area contributed by atoms with Crippen molar-refractivity contribution in [3.05, 3.63) is 101 Å². The van der Waals surface area contributed by atoms with E-state index in [4.69, 9.17) is 15.6 Å². The number of aryl methyl sites for hydroxylation is 1. The maximum Gasteiger partial charge on any atom is 0.322 e. The number of carbonyl (C=O) groups excluding carboxylic acids is 1. The molecule has 6 N–H and O–H groups in total.